The first kappa shape index (κ1) is 15.4. The summed E-state index contributed by atoms with van der Waals surface area (Å²) in [6, 6.07) is 6.72. The van der Waals surface area contributed by atoms with Crippen molar-refractivity contribution in [3.63, 3.8) is 0 Å². The number of carbonyl (C=O) groups is 2. The molecule has 0 saturated carbocycles. The Kier molecular flexibility index (Phi) is 5.03. The molecule has 1 N–H and O–H groups in total. The zero-order chi connectivity index (χ0) is 15.9. The van der Waals surface area contributed by atoms with Gasteiger partial charge in [0.15, 0.2) is 5.82 Å². The molecule has 2 aromatic rings. The number of ketones is 1. The Balaban J connectivity index is 2.06. The molecule has 1 heterocycles. The Morgan fingerprint density at radius 3 is 2.50 bits per heavy atom. The second-order valence-electron chi connectivity index (χ2n) is 4.64. The van der Waals surface area contributed by atoms with E-state index in [-0.39, 0.29) is 11.7 Å². The second-order valence-corrected chi connectivity index (χ2v) is 4.64. The smallest absolute Gasteiger partial charge is 0.248 e. The van der Waals surface area contributed by atoms with Crippen LogP contribution in [0.1, 0.15) is 23.1 Å². The third-order valence-corrected chi connectivity index (χ3v) is 2.99. The third kappa shape index (κ3) is 3.79. The third-order valence-electron chi connectivity index (χ3n) is 2.99. The van der Waals surface area contributed by atoms with Gasteiger partial charge in [-0.2, -0.15) is 0 Å². The van der Waals surface area contributed by atoms with E-state index < -0.39 is 0 Å². The number of anilines is 1. The van der Waals surface area contributed by atoms with Gasteiger partial charge in [0, 0.05) is 36.8 Å². The zero-order valence-corrected chi connectivity index (χ0v) is 12.5. The SMILES string of the molecule is CC=CC=CC(=O)Nc1ccc(C(=O)c2nccn2C)cc1. The van der Waals surface area contributed by atoms with Crippen LogP contribution in [-0.4, -0.2) is 21.2 Å². The molecule has 0 unspecified atom stereocenters. The summed E-state index contributed by atoms with van der Waals surface area (Å²) in [5.74, 6) is 0.00528. The molecule has 0 bridgehead atoms. The summed E-state index contributed by atoms with van der Waals surface area (Å²) in [5, 5.41) is 2.72. The largest absolute Gasteiger partial charge is 0.331 e. The maximum Gasteiger partial charge on any atom is 0.248 e. The van der Waals surface area contributed by atoms with E-state index in [1.54, 1.807) is 60.4 Å². The number of nitrogens with one attached hydrogen (secondary N) is 1. The number of imidazole rings is 1. The normalized spacial score (nSPS) is 11.2. The Labute approximate surface area is 129 Å². The average Bonchev–Trinajstić information content (AvgIpc) is 2.94. The number of allylic oxidation sites excluding steroid dienone is 3. The highest BCUT2D eigenvalue weighted by molar-refractivity contribution is 6.07. The number of benzene rings is 1. The van der Waals surface area contributed by atoms with Crippen LogP contribution in [0.25, 0.3) is 0 Å². The molecule has 22 heavy (non-hydrogen) atoms. The quantitative estimate of drug-likeness (QED) is 0.524. The Morgan fingerprint density at radius 1 is 1.18 bits per heavy atom. The van der Waals surface area contributed by atoms with Gasteiger partial charge in [-0.05, 0) is 31.2 Å². The summed E-state index contributed by atoms with van der Waals surface area (Å²) in [6.45, 7) is 1.87. The molecule has 2 rings (SSSR count). The predicted molar refractivity (Wildman–Crippen MR) is 85.7 cm³/mol. The van der Waals surface area contributed by atoms with E-state index in [1.807, 2.05) is 13.0 Å². The topological polar surface area (TPSA) is 64.0 Å². The van der Waals surface area contributed by atoms with Crippen molar-refractivity contribution in [2.24, 2.45) is 7.05 Å². The van der Waals surface area contributed by atoms with Crippen molar-refractivity contribution in [3.05, 3.63) is 72.4 Å². The lowest BCUT2D eigenvalue weighted by molar-refractivity contribution is -0.111. The molecule has 0 atom stereocenters. The molecule has 112 valence electrons. The minimum atomic E-state index is -0.221. The molecule has 0 saturated heterocycles. The van der Waals surface area contributed by atoms with Crippen LogP contribution in [0.3, 0.4) is 0 Å². The van der Waals surface area contributed by atoms with Gasteiger partial charge in [-0.1, -0.05) is 18.2 Å². The molecule has 0 radical (unpaired) electrons. The first-order valence-corrected chi connectivity index (χ1v) is 6.84. The van der Waals surface area contributed by atoms with Crippen molar-refractivity contribution in [1.29, 1.82) is 0 Å². The van der Waals surface area contributed by atoms with Crippen LogP contribution in [0, 0.1) is 0 Å². The number of amides is 1. The fourth-order valence-corrected chi connectivity index (χ4v) is 1.86. The molecule has 0 aliphatic carbocycles. The number of carbonyl (C=O) groups excluding carboxylic acids is 2. The standard InChI is InChI=1S/C17H17N3O2/c1-3-4-5-6-15(21)19-14-9-7-13(8-10-14)16(22)17-18-11-12-20(17)2/h3-12H,1-2H3,(H,19,21). The lowest BCUT2D eigenvalue weighted by atomic mass is 10.1. The minimum Gasteiger partial charge on any atom is -0.331 e. The Morgan fingerprint density at radius 2 is 1.91 bits per heavy atom. The lowest BCUT2D eigenvalue weighted by Crippen LogP contribution is -2.10. The van der Waals surface area contributed by atoms with E-state index in [0.717, 1.165) is 0 Å². The highest BCUT2D eigenvalue weighted by Crippen LogP contribution is 2.13. The van der Waals surface area contributed by atoms with Gasteiger partial charge in [0.25, 0.3) is 0 Å². The van der Waals surface area contributed by atoms with Crippen molar-refractivity contribution in [3.8, 4) is 0 Å². The molecule has 0 fully saturated rings. The summed E-state index contributed by atoms with van der Waals surface area (Å²) in [6.07, 6.45) is 10.0. The van der Waals surface area contributed by atoms with E-state index in [4.69, 9.17) is 0 Å². The molecule has 0 aliphatic rings. The molecule has 1 amide bonds. The Hall–Kier alpha value is -2.95. The summed E-state index contributed by atoms with van der Waals surface area (Å²) in [4.78, 5) is 27.9. The van der Waals surface area contributed by atoms with Gasteiger partial charge in [-0.15, -0.1) is 0 Å². The van der Waals surface area contributed by atoms with Crippen LogP contribution >= 0.6 is 0 Å². The number of rotatable bonds is 5. The van der Waals surface area contributed by atoms with Gasteiger partial charge in [-0.25, -0.2) is 4.98 Å². The molecular weight excluding hydrogens is 278 g/mol. The first-order valence-electron chi connectivity index (χ1n) is 6.84. The van der Waals surface area contributed by atoms with Crippen molar-refractivity contribution in [1.82, 2.24) is 9.55 Å². The fourth-order valence-electron chi connectivity index (χ4n) is 1.86. The molecule has 0 spiro atoms. The number of aromatic nitrogens is 2. The summed E-state index contributed by atoms with van der Waals surface area (Å²) in [7, 11) is 1.77. The van der Waals surface area contributed by atoms with Crippen LogP contribution < -0.4 is 5.32 Å². The van der Waals surface area contributed by atoms with Gasteiger partial charge < -0.3 is 9.88 Å². The monoisotopic (exact) mass is 295 g/mol. The number of hydrogen-bond acceptors (Lipinski definition) is 3. The maximum absolute atomic E-state index is 12.2. The molecule has 5 heteroatoms. The van der Waals surface area contributed by atoms with Gasteiger partial charge in [0.1, 0.15) is 0 Å². The van der Waals surface area contributed by atoms with Crippen LogP contribution in [0.4, 0.5) is 5.69 Å². The van der Waals surface area contributed by atoms with E-state index >= 15 is 0 Å². The van der Waals surface area contributed by atoms with Gasteiger partial charge >= 0.3 is 0 Å². The van der Waals surface area contributed by atoms with Crippen LogP contribution in [0.5, 0.6) is 0 Å². The second kappa shape index (κ2) is 7.17. The van der Waals surface area contributed by atoms with E-state index in [0.29, 0.717) is 17.1 Å². The molecule has 1 aromatic heterocycles. The minimum absolute atomic E-state index is 0.154. The first-order chi connectivity index (χ1) is 10.6. The highest BCUT2D eigenvalue weighted by Gasteiger charge is 2.13. The number of aryl methyl sites for hydroxylation is 1. The number of nitrogens with zero attached hydrogens (tertiary/aromatic N) is 2. The molecule has 0 aliphatic heterocycles. The van der Waals surface area contributed by atoms with E-state index in [9.17, 15) is 9.59 Å². The fraction of sp³-hybridized carbons (Fsp3) is 0.118. The van der Waals surface area contributed by atoms with Gasteiger partial charge in [0.05, 0.1) is 0 Å². The summed E-state index contributed by atoms with van der Waals surface area (Å²) >= 11 is 0. The molecule has 5 nitrogen and oxygen atoms in total. The molecule has 1 aromatic carbocycles. The van der Waals surface area contributed by atoms with Crippen LogP contribution in [-0.2, 0) is 11.8 Å². The van der Waals surface area contributed by atoms with Crippen molar-refractivity contribution in [2.45, 2.75) is 6.92 Å². The van der Waals surface area contributed by atoms with Crippen molar-refractivity contribution < 1.29 is 9.59 Å². The lowest BCUT2D eigenvalue weighted by Gasteiger charge is -2.04. The predicted octanol–water partition coefficient (Wildman–Crippen LogP) is 2.72. The van der Waals surface area contributed by atoms with Crippen molar-refractivity contribution >= 4 is 17.4 Å². The number of hydrogen-bond donors (Lipinski definition) is 1. The summed E-state index contributed by atoms with van der Waals surface area (Å²) < 4.78 is 1.67. The zero-order valence-electron chi connectivity index (χ0n) is 12.5. The summed E-state index contributed by atoms with van der Waals surface area (Å²) in [5.41, 5.74) is 1.16. The molecular formula is C17H17N3O2. The van der Waals surface area contributed by atoms with Gasteiger partial charge in [0.2, 0.25) is 11.7 Å². The Bertz CT molecular complexity index is 725. The highest BCUT2D eigenvalue weighted by atomic mass is 16.1. The van der Waals surface area contributed by atoms with E-state index in [2.05, 4.69) is 10.3 Å². The van der Waals surface area contributed by atoms with Crippen LogP contribution in [0.2, 0.25) is 0 Å². The maximum atomic E-state index is 12.2. The average molecular weight is 295 g/mol. The van der Waals surface area contributed by atoms with Crippen molar-refractivity contribution in [2.75, 3.05) is 5.32 Å². The van der Waals surface area contributed by atoms with E-state index in [1.165, 1.54) is 6.08 Å². The van der Waals surface area contributed by atoms with Gasteiger partial charge in [-0.3, -0.25) is 9.59 Å². The van der Waals surface area contributed by atoms with Crippen LogP contribution in [0.15, 0.2) is 61.0 Å².